The molecule has 0 aromatic carbocycles. The van der Waals surface area contributed by atoms with Crippen LogP contribution in [0.3, 0.4) is 0 Å². The number of aromatic nitrogens is 2. The van der Waals surface area contributed by atoms with Crippen molar-refractivity contribution in [2.75, 3.05) is 19.7 Å². The molecule has 1 fully saturated rings. The average molecular weight is 207 g/mol. The number of H-pyrrole nitrogens is 1. The van der Waals surface area contributed by atoms with Crippen molar-refractivity contribution >= 4 is 0 Å². The molecule has 15 heavy (non-hydrogen) atoms. The highest BCUT2D eigenvalue weighted by Crippen LogP contribution is 2.20. The Hall–Kier alpha value is -0.870. The van der Waals surface area contributed by atoms with Gasteiger partial charge in [0.25, 0.3) is 0 Å². The number of aromatic amines is 1. The van der Waals surface area contributed by atoms with Gasteiger partial charge in [-0.3, -0.25) is 10.00 Å². The number of likely N-dealkylation sites (tertiary alicyclic amines) is 1. The second-order valence-electron chi connectivity index (χ2n) is 4.41. The number of nitrogens with one attached hydrogen (secondary N) is 1. The molecule has 3 heterocycles. The highest BCUT2D eigenvalue weighted by atomic mass is 16.5. The standard InChI is InChI=1S/C11H17N3O/c1-2-5-14(4-1)7-11-9-8-15-6-3-10(9)12-13-11/h1-8H2,(H,12,13). The molecule has 0 radical (unpaired) electrons. The fourth-order valence-corrected chi connectivity index (χ4v) is 2.45. The summed E-state index contributed by atoms with van der Waals surface area (Å²) >= 11 is 0. The molecule has 4 heteroatoms. The molecule has 0 bridgehead atoms. The molecule has 1 saturated heterocycles. The quantitative estimate of drug-likeness (QED) is 0.789. The Balaban J connectivity index is 1.76. The molecule has 0 atom stereocenters. The van der Waals surface area contributed by atoms with Crippen molar-refractivity contribution in [1.29, 1.82) is 0 Å². The number of ether oxygens (including phenoxy) is 1. The van der Waals surface area contributed by atoms with E-state index >= 15 is 0 Å². The van der Waals surface area contributed by atoms with E-state index in [9.17, 15) is 0 Å². The molecule has 3 rings (SSSR count). The number of hydrogen-bond acceptors (Lipinski definition) is 3. The summed E-state index contributed by atoms with van der Waals surface area (Å²) in [6.07, 6.45) is 3.66. The van der Waals surface area contributed by atoms with Gasteiger partial charge in [0.1, 0.15) is 0 Å². The zero-order valence-corrected chi connectivity index (χ0v) is 8.96. The Morgan fingerprint density at radius 2 is 2.20 bits per heavy atom. The van der Waals surface area contributed by atoms with E-state index in [2.05, 4.69) is 15.1 Å². The van der Waals surface area contributed by atoms with Gasteiger partial charge in [-0.15, -0.1) is 0 Å². The lowest BCUT2D eigenvalue weighted by atomic mass is 10.1. The molecule has 1 N–H and O–H groups in total. The molecule has 1 aromatic heterocycles. The number of fused-ring (bicyclic) bond motifs is 1. The fourth-order valence-electron chi connectivity index (χ4n) is 2.45. The molecule has 0 aliphatic carbocycles. The maximum atomic E-state index is 5.48. The number of hydrogen-bond donors (Lipinski definition) is 1. The first-order valence-corrected chi connectivity index (χ1v) is 5.78. The summed E-state index contributed by atoms with van der Waals surface area (Å²) in [5.41, 5.74) is 3.80. The van der Waals surface area contributed by atoms with Gasteiger partial charge in [0.2, 0.25) is 0 Å². The van der Waals surface area contributed by atoms with E-state index in [-0.39, 0.29) is 0 Å². The molecule has 82 valence electrons. The van der Waals surface area contributed by atoms with Gasteiger partial charge in [-0.1, -0.05) is 0 Å². The van der Waals surface area contributed by atoms with Crippen molar-refractivity contribution in [1.82, 2.24) is 15.1 Å². The summed E-state index contributed by atoms with van der Waals surface area (Å²) in [5.74, 6) is 0. The van der Waals surface area contributed by atoms with E-state index in [0.29, 0.717) is 0 Å². The van der Waals surface area contributed by atoms with Crippen LogP contribution in [0.5, 0.6) is 0 Å². The topological polar surface area (TPSA) is 41.2 Å². The van der Waals surface area contributed by atoms with E-state index in [4.69, 9.17) is 4.74 Å². The molecule has 0 amide bonds. The van der Waals surface area contributed by atoms with Crippen LogP contribution in [0.15, 0.2) is 0 Å². The second-order valence-corrected chi connectivity index (χ2v) is 4.41. The van der Waals surface area contributed by atoms with Gasteiger partial charge in [-0.05, 0) is 25.9 Å². The highest BCUT2D eigenvalue weighted by Gasteiger charge is 2.20. The molecule has 0 spiro atoms. The predicted molar refractivity (Wildman–Crippen MR) is 56.5 cm³/mol. The van der Waals surface area contributed by atoms with Crippen molar-refractivity contribution in [2.24, 2.45) is 0 Å². The molecule has 0 unspecified atom stereocenters. The van der Waals surface area contributed by atoms with Crippen molar-refractivity contribution in [3.63, 3.8) is 0 Å². The first-order valence-electron chi connectivity index (χ1n) is 5.78. The van der Waals surface area contributed by atoms with Crippen LogP contribution in [0, 0.1) is 0 Å². The van der Waals surface area contributed by atoms with Crippen molar-refractivity contribution in [2.45, 2.75) is 32.4 Å². The van der Waals surface area contributed by atoms with Crippen LogP contribution in [0.25, 0.3) is 0 Å². The van der Waals surface area contributed by atoms with Crippen molar-refractivity contribution < 1.29 is 4.74 Å². The Bertz CT molecular complexity index is 342. The lowest BCUT2D eigenvalue weighted by molar-refractivity contribution is 0.109. The maximum absolute atomic E-state index is 5.48. The van der Waals surface area contributed by atoms with Gasteiger partial charge in [-0.25, -0.2) is 0 Å². The van der Waals surface area contributed by atoms with E-state index in [1.165, 1.54) is 42.9 Å². The first kappa shape index (κ1) is 9.36. The van der Waals surface area contributed by atoms with Crippen LogP contribution < -0.4 is 0 Å². The number of nitrogens with zero attached hydrogens (tertiary/aromatic N) is 2. The van der Waals surface area contributed by atoms with Crippen LogP contribution in [0.2, 0.25) is 0 Å². The molecule has 0 saturated carbocycles. The molecular formula is C11H17N3O. The first-order chi connectivity index (χ1) is 7.43. The zero-order chi connectivity index (χ0) is 10.1. The van der Waals surface area contributed by atoms with Gasteiger partial charge in [-0.2, -0.15) is 5.10 Å². The van der Waals surface area contributed by atoms with E-state index < -0.39 is 0 Å². The number of rotatable bonds is 2. The van der Waals surface area contributed by atoms with E-state index in [1.54, 1.807) is 0 Å². The molecular weight excluding hydrogens is 190 g/mol. The third kappa shape index (κ3) is 1.79. The smallest absolute Gasteiger partial charge is 0.0820 e. The summed E-state index contributed by atoms with van der Waals surface area (Å²) in [5, 5.41) is 7.56. The summed E-state index contributed by atoms with van der Waals surface area (Å²) in [6.45, 7) is 5.02. The summed E-state index contributed by atoms with van der Waals surface area (Å²) in [6, 6.07) is 0. The van der Waals surface area contributed by atoms with Crippen LogP contribution in [-0.4, -0.2) is 34.8 Å². The Kier molecular flexibility index (Phi) is 2.46. The minimum atomic E-state index is 0.745. The van der Waals surface area contributed by atoms with Gasteiger partial charge in [0, 0.05) is 24.2 Å². The summed E-state index contributed by atoms with van der Waals surface area (Å²) in [4.78, 5) is 2.48. The minimum absolute atomic E-state index is 0.745. The average Bonchev–Trinajstić information content (AvgIpc) is 2.89. The van der Waals surface area contributed by atoms with Crippen molar-refractivity contribution in [3.8, 4) is 0 Å². The molecule has 2 aliphatic rings. The van der Waals surface area contributed by atoms with Gasteiger partial charge in [0.15, 0.2) is 0 Å². The van der Waals surface area contributed by atoms with Gasteiger partial charge in [0.05, 0.1) is 18.9 Å². The van der Waals surface area contributed by atoms with Crippen LogP contribution in [0.1, 0.15) is 29.8 Å². The lowest BCUT2D eigenvalue weighted by Crippen LogP contribution is -2.20. The Morgan fingerprint density at radius 1 is 1.33 bits per heavy atom. The normalized spacial score (nSPS) is 21.9. The molecule has 4 nitrogen and oxygen atoms in total. The molecule has 2 aliphatic heterocycles. The fraction of sp³-hybridized carbons (Fsp3) is 0.727. The van der Waals surface area contributed by atoms with E-state index in [1.807, 2.05) is 0 Å². The third-order valence-corrected chi connectivity index (χ3v) is 3.35. The predicted octanol–water partition coefficient (Wildman–Crippen LogP) is 1.08. The van der Waals surface area contributed by atoms with Crippen LogP contribution >= 0.6 is 0 Å². The third-order valence-electron chi connectivity index (χ3n) is 3.35. The summed E-state index contributed by atoms with van der Waals surface area (Å²) < 4.78 is 5.48. The SMILES string of the molecule is C1CCN(Cc2n[nH]c3c2COCC3)C1. The van der Waals surface area contributed by atoms with Gasteiger partial charge < -0.3 is 4.74 Å². The van der Waals surface area contributed by atoms with Crippen molar-refractivity contribution in [3.05, 3.63) is 17.0 Å². The van der Waals surface area contributed by atoms with Crippen LogP contribution in [0.4, 0.5) is 0 Å². The monoisotopic (exact) mass is 207 g/mol. The van der Waals surface area contributed by atoms with E-state index in [0.717, 1.165) is 26.2 Å². The zero-order valence-electron chi connectivity index (χ0n) is 8.96. The lowest BCUT2D eigenvalue weighted by Gasteiger charge is -2.16. The Labute approximate surface area is 89.6 Å². The van der Waals surface area contributed by atoms with Gasteiger partial charge >= 0.3 is 0 Å². The highest BCUT2D eigenvalue weighted by molar-refractivity contribution is 5.26. The largest absolute Gasteiger partial charge is 0.376 e. The Morgan fingerprint density at radius 3 is 3.07 bits per heavy atom. The second kappa shape index (κ2) is 3.94. The molecule has 1 aromatic rings. The van der Waals surface area contributed by atoms with Crippen LogP contribution in [-0.2, 0) is 24.3 Å². The minimum Gasteiger partial charge on any atom is -0.376 e. The summed E-state index contributed by atoms with van der Waals surface area (Å²) in [7, 11) is 0. The maximum Gasteiger partial charge on any atom is 0.0820 e.